The van der Waals surface area contributed by atoms with Gasteiger partial charge in [0.2, 0.25) is 5.88 Å². The summed E-state index contributed by atoms with van der Waals surface area (Å²) in [5.74, 6) is 0.598. The van der Waals surface area contributed by atoms with Gasteiger partial charge in [0, 0.05) is 5.39 Å². The molecule has 2 heterocycles. The lowest BCUT2D eigenvalue weighted by Gasteiger charge is -2.15. The van der Waals surface area contributed by atoms with Gasteiger partial charge in [-0.25, -0.2) is 4.98 Å². The van der Waals surface area contributed by atoms with E-state index in [2.05, 4.69) is 53.5 Å². The van der Waals surface area contributed by atoms with Crippen LogP contribution < -0.4 is 0 Å². The van der Waals surface area contributed by atoms with Gasteiger partial charge in [0.05, 0.1) is 16.6 Å². The van der Waals surface area contributed by atoms with Crippen molar-refractivity contribution in [3.63, 3.8) is 0 Å². The molecule has 0 saturated carbocycles. The Morgan fingerprint density at radius 3 is 2.29 bits per heavy atom. The summed E-state index contributed by atoms with van der Waals surface area (Å²) in [6, 6.07) is 12.4. The van der Waals surface area contributed by atoms with Crippen molar-refractivity contribution in [3.8, 4) is 11.6 Å². The van der Waals surface area contributed by atoms with Crippen LogP contribution in [0, 0.1) is 27.7 Å². The molecule has 4 nitrogen and oxygen atoms in total. The van der Waals surface area contributed by atoms with Gasteiger partial charge in [-0.15, -0.1) is 0 Å². The molecular weight excluding hydrogens is 298 g/mol. The van der Waals surface area contributed by atoms with E-state index >= 15 is 0 Å². The van der Waals surface area contributed by atoms with Crippen molar-refractivity contribution in [1.82, 2.24) is 14.5 Å². The quantitative estimate of drug-likeness (QED) is 0.562. The van der Waals surface area contributed by atoms with Gasteiger partial charge in [0.15, 0.2) is 5.65 Å². The first-order valence-electron chi connectivity index (χ1n) is 8.02. The minimum Gasteiger partial charge on any atom is -0.493 e. The van der Waals surface area contributed by atoms with E-state index in [0.29, 0.717) is 11.2 Å². The second kappa shape index (κ2) is 5.06. The number of fused-ring (bicyclic) bond motifs is 3. The molecular formula is C20H19N3O. The fraction of sp³-hybridized carbons (Fsp3) is 0.200. The minimum atomic E-state index is 0.0369. The van der Waals surface area contributed by atoms with Gasteiger partial charge in [-0.3, -0.25) is 4.57 Å². The van der Waals surface area contributed by atoms with E-state index in [-0.39, 0.29) is 5.88 Å². The average molecular weight is 317 g/mol. The van der Waals surface area contributed by atoms with Crippen LogP contribution in [0.3, 0.4) is 0 Å². The Kier molecular flexibility index (Phi) is 3.10. The van der Waals surface area contributed by atoms with Crippen molar-refractivity contribution in [3.05, 3.63) is 58.9 Å². The van der Waals surface area contributed by atoms with Crippen molar-refractivity contribution in [2.45, 2.75) is 27.7 Å². The van der Waals surface area contributed by atoms with Gasteiger partial charge in [-0.2, -0.15) is 4.98 Å². The van der Waals surface area contributed by atoms with E-state index in [4.69, 9.17) is 0 Å². The monoisotopic (exact) mass is 317 g/mol. The van der Waals surface area contributed by atoms with E-state index in [0.717, 1.165) is 22.2 Å². The van der Waals surface area contributed by atoms with E-state index in [1.165, 1.54) is 16.7 Å². The van der Waals surface area contributed by atoms with E-state index in [1.54, 1.807) is 6.92 Å². The van der Waals surface area contributed by atoms with Crippen LogP contribution in [0.15, 0.2) is 36.4 Å². The summed E-state index contributed by atoms with van der Waals surface area (Å²) in [6.07, 6.45) is 0. The number of benzene rings is 2. The Labute approximate surface area is 140 Å². The summed E-state index contributed by atoms with van der Waals surface area (Å²) in [7, 11) is 0. The first-order valence-corrected chi connectivity index (χ1v) is 8.02. The Morgan fingerprint density at radius 1 is 0.917 bits per heavy atom. The van der Waals surface area contributed by atoms with Crippen LogP contribution in [0.4, 0.5) is 0 Å². The summed E-state index contributed by atoms with van der Waals surface area (Å²) in [5.41, 5.74) is 6.50. The smallest absolute Gasteiger partial charge is 0.224 e. The van der Waals surface area contributed by atoms with Crippen molar-refractivity contribution < 1.29 is 5.11 Å². The molecule has 2 aromatic heterocycles. The third kappa shape index (κ3) is 1.99. The van der Waals surface area contributed by atoms with Gasteiger partial charge in [0.1, 0.15) is 5.82 Å². The van der Waals surface area contributed by atoms with Crippen LogP contribution in [-0.2, 0) is 0 Å². The first kappa shape index (κ1) is 14.7. The molecule has 4 aromatic rings. The zero-order chi connectivity index (χ0) is 17.0. The number of para-hydroxylation sites is 1. The maximum Gasteiger partial charge on any atom is 0.224 e. The van der Waals surface area contributed by atoms with E-state index in [1.807, 2.05) is 18.2 Å². The lowest BCUT2D eigenvalue weighted by Crippen LogP contribution is -2.02. The van der Waals surface area contributed by atoms with E-state index < -0.39 is 0 Å². The lowest BCUT2D eigenvalue weighted by atomic mass is 10.0. The highest BCUT2D eigenvalue weighted by Crippen LogP contribution is 2.36. The molecule has 0 aliphatic carbocycles. The molecule has 0 amide bonds. The summed E-state index contributed by atoms with van der Waals surface area (Å²) < 4.78 is 2.14. The summed E-state index contributed by atoms with van der Waals surface area (Å²) >= 11 is 0. The molecule has 1 N–H and O–H groups in total. The predicted octanol–water partition coefficient (Wildman–Crippen LogP) is 4.51. The minimum absolute atomic E-state index is 0.0369. The standard InChI is InChI=1S/C20H19N3O/c1-11-9-12(2)18(13(3)10-11)23-16-8-6-5-7-15(16)17-19(23)21-14(4)22-20(17)24/h5-10H,1-4H3,(H,21,22,24). The molecule has 0 saturated heterocycles. The maximum atomic E-state index is 10.4. The summed E-state index contributed by atoms with van der Waals surface area (Å²) in [6.45, 7) is 8.14. The van der Waals surface area contributed by atoms with E-state index in [9.17, 15) is 5.11 Å². The highest BCUT2D eigenvalue weighted by Gasteiger charge is 2.19. The molecule has 0 aliphatic heterocycles. The number of aromatic hydroxyl groups is 1. The third-order valence-electron chi connectivity index (χ3n) is 4.47. The zero-order valence-corrected chi connectivity index (χ0v) is 14.3. The van der Waals surface area contributed by atoms with Crippen LogP contribution >= 0.6 is 0 Å². The number of hydrogen-bond donors (Lipinski definition) is 1. The SMILES string of the molecule is Cc1cc(C)c(-n2c3ccccc3c3c(O)nc(C)nc32)c(C)c1. The Morgan fingerprint density at radius 2 is 1.58 bits per heavy atom. The average Bonchev–Trinajstić information content (AvgIpc) is 2.81. The molecule has 0 fully saturated rings. The fourth-order valence-corrected chi connectivity index (χ4v) is 3.69. The topological polar surface area (TPSA) is 50.9 Å². The lowest BCUT2D eigenvalue weighted by molar-refractivity contribution is 0.458. The molecule has 0 atom stereocenters. The third-order valence-corrected chi connectivity index (χ3v) is 4.47. The molecule has 4 rings (SSSR count). The largest absolute Gasteiger partial charge is 0.493 e. The number of nitrogens with zero attached hydrogens (tertiary/aromatic N) is 3. The maximum absolute atomic E-state index is 10.4. The molecule has 4 heteroatoms. The number of rotatable bonds is 1. The normalized spacial score (nSPS) is 11.5. The van der Waals surface area contributed by atoms with Gasteiger partial charge in [-0.1, -0.05) is 35.9 Å². The number of hydrogen-bond acceptors (Lipinski definition) is 3. The van der Waals surface area contributed by atoms with Crippen molar-refractivity contribution in [2.75, 3.05) is 0 Å². The van der Waals surface area contributed by atoms with Gasteiger partial charge in [0.25, 0.3) is 0 Å². The highest BCUT2D eigenvalue weighted by atomic mass is 16.3. The van der Waals surface area contributed by atoms with Gasteiger partial charge >= 0.3 is 0 Å². The Balaban J connectivity index is 2.27. The number of aromatic nitrogens is 3. The van der Waals surface area contributed by atoms with Crippen molar-refractivity contribution >= 4 is 21.9 Å². The molecule has 0 unspecified atom stereocenters. The molecule has 2 aromatic carbocycles. The Hall–Kier alpha value is -2.88. The van der Waals surface area contributed by atoms with Gasteiger partial charge < -0.3 is 5.11 Å². The van der Waals surface area contributed by atoms with Gasteiger partial charge in [-0.05, 0) is 44.9 Å². The molecule has 24 heavy (non-hydrogen) atoms. The number of aryl methyl sites for hydroxylation is 4. The molecule has 0 spiro atoms. The molecule has 0 aliphatic rings. The fourth-order valence-electron chi connectivity index (χ4n) is 3.69. The highest BCUT2D eigenvalue weighted by molar-refractivity contribution is 6.10. The van der Waals surface area contributed by atoms with Crippen LogP contribution in [0.25, 0.3) is 27.6 Å². The summed E-state index contributed by atoms with van der Waals surface area (Å²) in [4.78, 5) is 8.80. The van der Waals surface area contributed by atoms with Crippen LogP contribution in [0.5, 0.6) is 5.88 Å². The molecule has 0 radical (unpaired) electrons. The van der Waals surface area contributed by atoms with Crippen LogP contribution in [0.2, 0.25) is 0 Å². The van der Waals surface area contributed by atoms with Crippen molar-refractivity contribution in [2.24, 2.45) is 0 Å². The second-order valence-corrected chi connectivity index (χ2v) is 6.39. The Bertz CT molecular complexity index is 1090. The summed E-state index contributed by atoms with van der Waals surface area (Å²) in [5, 5.41) is 12.1. The second-order valence-electron chi connectivity index (χ2n) is 6.39. The predicted molar refractivity (Wildman–Crippen MR) is 97.0 cm³/mol. The molecule has 120 valence electrons. The van der Waals surface area contributed by atoms with Crippen molar-refractivity contribution in [1.29, 1.82) is 0 Å². The molecule has 0 bridgehead atoms. The van der Waals surface area contributed by atoms with Crippen LogP contribution in [-0.4, -0.2) is 19.6 Å². The first-order chi connectivity index (χ1) is 11.5. The van der Waals surface area contributed by atoms with Crippen LogP contribution in [0.1, 0.15) is 22.5 Å². The zero-order valence-electron chi connectivity index (χ0n) is 14.3.